The smallest absolute Gasteiger partial charge is 0.227 e. The van der Waals surface area contributed by atoms with E-state index < -0.39 is 0 Å². The standard InChI is InChI=1S/C15H24N2O/c1-11-6-7-12(2)13(8-11)17(5)14(18)9-15(3,4)10-16/h6-8H,9-10,16H2,1-5H3. The van der Waals surface area contributed by atoms with Crippen LogP contribution >= 0.6 is 0 Å². The Morgan fingerprint density at radius 1 is 1.33 bits per heavy atom. The fraction of sp³-hybridized carbons (Fsp3) is 0.533. The number of nitrogens with two attached hydrogens (primary N) is 1. The van der Waals surface area contributed by atoms with Crippen molar-refractivity contribution >= 4 is 11.6 Å². The van der Waals surface area contributed by atoms with Crippen LogP contribution in [-0.2, 0) is 4.79 Å². The average molecular weight is 248 g/mol. The first-order valence-corrected chi connectivity index (χ1v) is 6.31. The van der Waals surface area contributed by atoms with E-state index in [1.165, 1.54) is 0 Å². The van der Waals surface area contributed by atoms with Gasteiger partial charge in [0.1, 0.15) is 0 Å². The van der Waals surface area contributed by atoms with Gasteiger partial charge in [-0.05, 0) is 43.0 Å². The number of amides is 1. The lowest BCUT2D eigenvalue weighted by atomic mass is 9.89. The molecule has 0 aliphatic rings. The van der Waals surface area contributed by atoms with Crippen molar-refractivity contribution < 1.29 is 4.79 Å². The molecule has 1 amide bonds. The third-order valence-electron chi connectivity index (χ3n) is 3.28. The Balaban J connectivity index is 2.90. The largest absolute Gasteiger partial charge is 0.330 e. The van der Waals surface area contributed by atoms with Crippen molar-refractivity contribution in [2.45, 2.75) is 34.1 Å². The zero-order chi connectivity index (χ0) is 13.9. The molecule has 0 saturated heterocycles. The van der Waals surface area contributed by atoms with Crippen molar-refractivity contribution in [3.63, 3.8) is 0 Å². The first-order valence-electron chi connectivity index (χ1n) is 6.31. The number of carbonyl (C=O) groups excluding carboxylic acids is 1. The predicted octanol–water partition coefficient (Wildman–Crippen LogP) is 2.64. The third-order valence-corrected chi connectivity index (χ3v) is 3.28. The molecule has 18 heavy (non-hydrogen) atoms. The molecule has 0 fully saturated rings. The number of benzene rings is 1. The van der Waals surface area contributed by atoms with Gasteiger partial charge in [-0.25, -0.2) is 0 Å². The van der Waals surface area contributed by atoms with E-state index in [9.17, 15) is 4.79 Å². The van der Waals surface area contributed by atoms with Crippen molar-refractivity contribution in [1.82, 2.24) is 0 Å². The van der Waals surface area contributed by atoms with Crippen LogP contribution in [0.15, 0.2) is 18.2 Å². The van der Waals surface area contributed by atoms with E-state index in [2.05, 4.69) is 6.07 Å². The molecule has 0 aromatic heterocycles. The minimum absolute atomic E-state index is 0.110. The second-order valence-electron chi connectivity index (χ2n) is 5.79. The lowest BCUT2D eigenvalue weighted by Crippen LogP contribution is -2.34. The maximum atomic E-state index is 12.3. The molecule has 0 atom stereocenters. The molecule has 1 aromatic carbocycles. The first kappa shape index (κ1) is 14.7. The monoisotopic (exact) mass is 248 g/mol. The zero-order valence-electron chi connectivity index (χ0n) is 12.1. The summed E-state index contributed by atoms with van der Waals surface area (Å²) >= 11 is 0. The summed E-state index contributed by atoms with van der Waals surface area (Å²) in [4.78, 5) is 14.0. The van der Waals surface area contributed by atoms with Gasteiger partial charge in [0.05, 0.1) is 0 Å². The highest BCUT2D eigenvalue weighted by Crippen LogP contribution is 2.24. The molecule has 100 valence electrons. The highest BCUT2D eigenvalue weighted by Gasteiger charge is 2.23. The number of carbonyl (C=O) groups is 1. The molecular weight excluding hydrogens is 224 g/mol. The Labute approximate surface area is 110 Å². The molecule has 0 unspecified atom stereocenters. The summed E-state index contributed by atoms with van der Waals surface area (Å²) in [5, 5.41) is 0. The molecule has 3 nitrogen and oxygen atoms in total. The summed E-state index contributed by atoms with van der Waals surface area (Å²) < 4.78 is 0. The molecule has 0 heterocycles. The fourth-order valence-electron chi connectivity index (χ4n) is 1.82. The molecular formula is C15H24N2O. The highest BCUT2D eigenvalue weighted by atomic mass is 16.2. The fourth-order valence-corrected chi connectivity index (χ4v) is 1.82. The number of anilines is 1. The van der Waals surface area contributed by atoms with Crippen LogP contribution < -0.4 is 10.6 Å². The van der Waals surface area contributed by atoms with Crippen molar-refractivity contribution in [2.75, 3.05) is 18.5 Å². The van der Waals surface area contributed by atoms with Crippen LogP contribution in [-0.4, -0.2) is 19.5 Å². The van der Waals surface area contributed by atoms with Gasteiger partial charge in [0.15, 0.2) is 0 Å². The Hall–Kier alpha value is -1.35. The van der Waals surface area contributed by atoms with Crippen LogP contribution in [0, 0.1) is 19.3 Å². The molecule has 0 aliphatic carbocycles. The number of aryl methyl sites for hydroxylation is 2. The van der Waals surface area contributed by atoms with Crippen LogP contribution in [0.4, 0.5) is 5.69 Å². The van der Waals surface area contributed by atoms with Crippen molar-refractivity contribution in [2.24, 2.45) is 11.1 Å². The SMILES string of the molecule is Cc1ccc(C)c(N(C)C(=O)CC(C)(C)CN)c1. The quantitative estimate of drug-likeness (QED) is 0.890. The van der Waals surface area contributed by atoms with E-state index in [1.807, 2.05) is 46.9 Å². The third kappa shape index (κ3) is 3.57. The maximum absolute atomic E-state index is 12.3. The van der Waals surface area contributed by atoms with Gasteiger partial charge < -0.3 is 10.6 Å². The number of hydrogen-bond donors (Lipinski definition) is 1. The van der Waals surface area contributed by atoms with E-state index >= 15 is 0 Å². The Morgan fingerprint density at radius 2 is 1.94 bits per heavy atom. The molecule has 0 spiro atoms. The summed E-state index contributed by atoms with van der Waals surface area (Å²) in [6, 6.07) is 6.15. The van der Waals surface area contributed by atoms with Crippen molar-refractivity contribution in [1.29, 1.82) is 0 Å². The minimum Gasteiger partial charge on any atom is -0.330 e. The average Bonchev–Trinajstić information content (AvgIpc) is 2.31. The summed E-state index contributed by atoms with van der Waals surface area (Å²) in [6.07, 6.45) is 0.466. The van der Waals surface area contributed by atoms with Crippen molar-refractivity contribution in [3.8, 4) is 0 Å². The van der Waals surface area contributed by atoms with Crippen molar-refractivity contribution in [3.05, 3.63) is 29.3 Å². The van der Waals surface area contributed by atoms with Gasteiger partial charge in [0, 0.05) is 19.2 Å². The molecule has 1 aromatic rings. The lowest BCUT2D eigenvalue weighted by molar-refractivity contribution is -0.120. The second kappa shape index (κ2) is 5.53. The minimum atomic E-state index is -0.150. The van der Waals surface area contributed by atoms with Gasteiger partial charge >= 0.3 is 0 Å². The van der Waals surface area contributed by atoms with Gasteiger partial charge in [-0.3, -0.25) is 4.79 Å². The summed E-state index contributed by atoms with van der Waals surface area (Å²) in [5.74, 6) is 0.110. The van der Waals surface area contributed by atoms with Gasteiger partial charge in [-0.2, -0.15) is 0 Å². The Bertz CT molecular complexity index is 438. The lowest BCUT2D eigenvalue weighted by Gasteiger charge is -2.26. The first-order chi connectivity index (χ1) is 8.26. The molecule has 0 bridgehead atoms. The summed E-state index contributed by atoms with van der Waals surface area (Å²) in [7, 11) is 1.83. The zero-order valence-corrected chi connectivity index (χ0v) is 12.1. The van der Waals surface area contributed by atoms with Crippen LogP contribution in [0.25, 0.3) is 0 Å². The van der Waals surface area contributed by atoms with Gasteiger partial charge in [-0.1, -0.05) is 26.0 Å². The summed E-state index contributed by atoms with van der Waals surface area (Å²) in [5.41, 5.74) is 8.78. The number of rotatable bonds is 4. The van der Waals surface area contributed by atoms with E-state index in [0.29, 0.717) is 13.0 Å². The molecule has 0 saturated carbocycles. The molecule has 0 aliphatic heterocycles. The van der Waals surface area contributed by atoms with E-state index in [-0.39, 0.29) is 11.3 Å². The van der Waals surface area contributed by atoms with E-state index in [0.717, 1.165) is 16.8 Å². The molecule has 2 N–H and O–H groups in total. The Morgan fingerprint density at radius 3 is 2.50 bits per heavy atom. The van der Waals surface area contributed by atoms with Crippen LogP contribution in [0.5, 0.6) is 0 Å². The highest BCUT2D eigenvalue weighted by molar-refractivity contribution is 5.94. The Kier molecular flexibility index (Phi) is 4.52. The summed E-state index contributed by atoms with van der Waals surface area (Å²) in [6.45, 7) is 8.60. The van der Waals surface area contributed by atoms with Gasteiger partial charge in [0.2, 0.25) is 5.91 Å². The maximum Gasteiger partial charge on any atom is 0.227 e. The van der Waals surface area contributed by atoms with Crippen LogP contribution in [0.3, 0.4) is 0 Å². The molecule has 3 heteroatoms. The topological polar surface area (TPSA) is 46.3 Å². The van der Waals surface area contributed by atoms with Crippen LogP contribution in [0.1, 0.15) is 31.4 Å². The number of nitrogens with zero attached hydrogens (tertiary/aromatic N) is 1. The van der Waals surface area contributed by atoms with Gasteiger partial charge in [0.25, 0.3) is 0 Å². The van der Waals surface area contributed by atoms with Crippen LogP contribution in [0.2, 0.25) is 0 Å². The van der Waals surface area contributed by atoms with E-state index in [1.54, 1.807) is 4.90 Å². The van der Waals surface area contributed by atoms with E-state index in [4.69, 9.17) is 5.73 Å². The molecule has 0 radical (unpaired) electrons. The predicted molar refractivity (Wildman–Crippen MR) is 76.8 cm³/mol. The van der Waals surface area contributed by atoms with Gasteiger partial charge in [-0.15, -0.1) is 0 Å². The second-order valence-corrected chi connectivity index (χ2v) is 5.79. The number of hydrogen-bond acceptors (Lipinski definition) is 2. The molecule has 1 rings (SSSR count). The normalized spacial score (nSPS) is 11.4.